The summed E-state index contributed by atoms with van der Waals surface area (Å²) in [6, 6.07) is 12.1. The van der Waals surface area contributed by atoms with Crippen LogP contribution in [0.25, 0.3) is 10.2 Å². The zero-order chi connectivity index (χ0) is 23.3. The molecule has 0 spiro atoms. The Kier molecular flexibility index (Phi) is 7.86. The molecule has 0 N–H and O–H groups in total. The highest BCUT2D eigenvalue weighted by Gasteiger charge is 2.26. The van der Waals surface area contributed by atoms with Crippen molar-refractivity contribution in [1.29, 1.82) is 0 Å². The van der Waals surface area contributed by atoms with Gasteiger partial charge in [0.2, 0.25) is 5.91 Å². The minimum absolute atomic E-state index is 0.0942. The maximum Gasteiger partial charge on any atom is 0.244 e. The van der Waals surface area contributed by atoms with Gasteiger partial charge in [0.25, 0.3) is 0 Å². The monoisotopic (exact) mass is 475 g/mol. The number of methoxy groups -OCH3 is 1. The number of hydrogen-bond acceptors (Lipinski definition) is 7. The van der Waals surface area contributed by atoms with Crippen LogP contribution in [0.4, 0.5) is 5.13 Å². The molecule has 0 aliphatic carbocycles. The number of rotatable bonds is 10. The van der Waals surface area contributed by atoms with E-state index in [-0.39, 0.29) is 4.90 Å². The number of benzene rings is 2. The van der Waals surface area contributed by atoms with Crippen molar-refractivity contribution in [2.75, 3.05) is 44.9 Å². The summed E-state index contributed by atoms with van der Waals surface area (Å²) in [7, 11) is 1.64. The van der Waals surface area contributed by atoms with Crippen LogP contribution in [0, 0.1) is 0 Å². The topological polar surface area (TPSA) is 79.8 Å². The molecule has 0 aliphatic heterocycles. The van der Waals surface area contributed by atoms with Crippen molar-refractivity contribution in [2.24, 2.45) is 0 Å². The number of carbonyl (C=O) groups is 1. The Morgan fingerprint density at radius 2 is 1.81 bits per heavy atom. The van der Waals surface area contributed by atoms with Gasteiger partial charge < -0.3 is 9.64 Å². The van der Waals surface area contributed by atoms with Crippen molar-refractivity contribution in [3.05, 3.63) is 48.0 Å². The summed E-state index contributed by atoms with van der Waals surface area (Å²) in [5.74, 6) is -0.534. The molecule has 7 nitrogen and oxygen atoms in total. The Hall–Kier alpha value is -2.49. The van der Waals surface area contributed by atoms with Gasteiger partial charge in [-0.05, 0) is 75.4 Å². The molecule has 3 rings (SSSR count). The van der Waals surface area contributed by atoms with Gasteiger partial charge in [-0.1, -0.05) is 24.3 Å². The van der Waals surface area contributed by atoms with Gasteiger partial charge >= 0.3 is 0 Å². The molecule has 1 aromatic heterocycles. The number of aryl methyl sites for hydroxylation is 1. The normalized spacial score (nSPS) is 11.8. The molecule has 0 atom stereocenters. The predicted octanol–water partition coefficient (Wildman–Crippen LogP) is 3.63. The third kappa shape index (κ3) is 5.85. The van der Waals surface area contributed by atoms with Crippen LogP contribution >= 0.6 is 11.3 Å². The van der Waals surface area contributed by atoms with E-state index in [4.69, 9.17) is 4.74 Å². The lowest BCUT2D eigenvalue weighted by Gasteiger charge is -2.21. The predicted molar refractivity (Wildman–Crippen MR) is 130 cm³/mol. The Labute approximate surface area is 193 Å². The average Bonchev–Trinajstić information content (AvgIpc) is 3.18. The molecule has 2 aromatic carbocycles. The van der Waals surface area contributed by atoms with Crippen molar-refractivity contribution in [3.63, 3.8) is 0 Å². The third-order valence-electron chi connectivity index (χ3n) is 5.10. The van der Waals surface area contributed by atoms with E-state index in [1.165, 1.54) is 41.0 Å². The highest BCUT2D eigenvalue weighted by Crippen LogP contribution is 2.30. The molecular weight excluding hydrogens is 446 g/mol. The molecule has 3 aromatic rings. The van der Waals surface area contributed by atoms with Crippen LogP contribution in [0.3, 0.4) is 0 Å². The lowest BCUT2D eigenvalue weighted by molar-refractivity contribution is -0.116. The first-order valence-electron chi connectivity index (χ1n) is 10.4. The average molecular weight is 476 g/mol. The lowest BCUT2D eigenvalue weighted by atomic mass is 10.2. The Morgan fingerprint density at radius 1 is 1.09 bits per heavy atom. The fourth-order valence-corrected chi connectivity index (χ4v) is 5.54. The van der Waals surface area contributed by atoms with Crippen molar-refractivity contribution in [1.82, 2.24) is 9.88 Å². The van der Waals surface area contributed by atoms with E-state index in [2.05, 4.69) is 18.0 Å². The van der Waals surface area contributed by atoms with E-state index in [1.807, 2.05) is 31.1 Å². The molecule has 0 saturated carbocycles. The van der Waals surface area contributed by atoms with Crippen LogP contribution in [0.5, 0.6) is 5.75 Å². The van der Waals surface area contributed by atoms with Crippen LogP contribution in [-0.4, -0.2) is 64.3 Å². The van der Waals surface area contributed by atoms with E-state index in [9.17, 15) is 13.2 Å². The number of ether oxygens (including phenoxy) is 1. The van der Waals surface area contributed by atoms with Gasteiger partial charge in [0.1, 0.15) is 11.5 Å². The van der Waals surface area contributed by atoms with Gasteiger partial charge in [-0.25, -0.2) is 13.4 Å². The number of thiazole rings is 1. The van der Waals surface area contributed by atoms with E-state index in [0.29, 0.717) is 23.8 Å². The highest BCUT2D eigenvalue weighted by atomic mass is 32.2. The largest absolute Gasteiger partial charge is 0.497 e. The van der Waals surface area contributed by atoms with Crippen LogP contribution in [0.1, 0.15) is 18.9 Å². The molecule has 0 saturated heterocycles. The number of sulfone groups is 1. The molecular formula is C23H29N3O4S2. The quantitative estimate of drug-likeness (QED) is 0.446. The summed E-state index contributed by atoms with van der Waals surface area (Å²) in [6.07, 6.45) is 1.62. The Bertz CT molecular complexity index is 1170. The Balaban J connectivity index is 1.87. The van der Waals surface area contributed by atoms with Gasteiger partial charge in [0.15, 0.2) is 15.0 Å². The summed E-state index contributed by atoms with van der Waals surface area (Å²) in [5, 5.41) is 0.530. The zero-order valence-electron chi connectivity index (χ0n) is 18.9. The summed E-state index contributed by atoms with van der Waals surface area (Å²) in [4.78, 5) is 21.5. The molecule has 1 heterocycles. The summed E-state index contributed by atoms with van der Waals surface area (Å²) < 4.78 is 31.9. The maximum absolute atomic E-state index is 13.2. The van der Waals surface area contributed by atoms with Crippen LogP contribution in [-0.2, 0) is 21.1 Å². The van der Waals surface area contributed by atoms with Crippen molar-refractivity contribution in [2.45, 2.75) is 24.7 Å². The molecule has 172 valence electrons. The van der Waals surface area contributed by atoms with Crippen LogP contribution < -0.4 is 9.64 Å². The second kappa shape index (κ2) is 10.4. The van der Waals surface area contributed by atoms with E-state index >= 15 is 0 Å². The minimum atomic E-state index is -3.80. The van der Waals surface area contributed by atoms with Crippen molar-refractivity contribution < 1.29 is 17.9 Å². The molecule has 0 fully saturated rings. The standard InChI is InChI=1S/C23H29N3O4S2/c1-5-17-7-12-20-21(15-17)31-23(24-20)26(14-6-13-25(2)3)22(27)16-32(28,29)19-10-8-18(30-4)9-11-19/h7-12,15H,5-6,13-14,16H2,1-4H3. The number of anilines is 1. The molecule has 32 heavy (non-hydrogen) atoms. The number of nitrogens with zero attached hydrogens (tertiary/aromatic N) is 3. The van der Waals surface area contributed by atoms with Gasteiger partial charge in [-0.2, -0.15) is 0 Å². The molecule has 0 aliphatic rings. The molecule has 9 heteroatoms. The van der Waals surface area contributed by atoms with Gasteiger partial charge in [0.05, 0.1) is 22.2 Å². The highest BCUT2D eigenvalue weighted by molar-refractivity contribution is 7.92. The number of hydrogen-bond donors (Lipinski definition) is 0. The summed E-state index contributed by atoms with van der Waals surface area (Å²) in [6.45, 7) is 3.26. The minimum Gasteiger partial charge on any atom is -0.497 e. The van der Waals surface area contributed by atoms with Crippen LogP contribution in [0.2, 0.25) is 0 Å². The molecule has 0 unspecified atom stereocenters. The Morgan fingerprint density at radius 3 is 2.44 bits per heavy atom. The first-order valence-corrected chi connectivity index (χ1v) is 12.9. The fourth-order valence-electron chi connectivity index (χ4n) is 3.27. The second-order valence-corrected chi connectivity index (χ2v) is 10.8. The number of amides is 1. The molecule has 0 bridgehead atoms. The van der Waals surface area contributed by atoms with Gasteiger partial charge in [0, 0.05) is 6.54 Å². The number of carbonyl (C=O) groups excluding carboxylic acids is 1. The molecule has 0 radical (unpaired) electrons. The first kappa shape index (κ1) is 24.2. The summed E-state index contributed by atoms with van der Waals surface area (Å²) in [5.41, 5.74) is 2.01. The molecule has 1 amide bonds. The zero-order valence-corrected chi connectivity index (χ0v) is 20.5. The fraction of sp³-hybridized carbons (Fsp3) is 0.391. The van der Waals surface area contributed by atoms with Crippen LogP contribution in [0.15, 0.2) is 47.4 Å². The van der Waals surface area contributed by atoms with Crippen molar-refractivity contribution in [3.8, 4) is 5.75 Å². The van der Waals surface area contributed by atoms with E-state index in [0.717, 1.165) is 23.2 Å². The van der Waals surface area contributed by atoms with Gasteiger partial charge in [-0.15, -0.1) is 0 Å². The van der Waals surface area contributed by atoms with Crippen molar-refractivity contribution >= 4 is 42.4 Å². The third-order valence-corrected chi connectivity index (χ3v) is 7.76. The first-order chi connectivity index (χ1) is 15.2. The smallest absolute Gasteiger partial charge is 0.244 e. The van der Waals surface area contributed by atoms with Gasteiger partial charge in [-0.3, -0.25) is 9.69 Å². The summed E-state index contributed by atoms with van der Waals surface area (Å²) >= 11 is 1.42. The lowest BCUT2D eigenvalue weighted by Crippen LogP contribution is -2.37. The number of aromatic nitrogens is 1. The van der Waals surface area contributed by atoms with E-state index < -0.39 is 21.5 Å². The SMILES string of the molecule is CCc1ccc2nc(N(CCCN(C)C)C(=O)CS(=O)(=O)c3ccc(OC)cc3)sc2c1. The second-order valence-electron chi connectivity index (χ2n) is 7.79. The van der Waals surface area contributed by atoms with E-state index in [1.54, 1.807) is 12.1 Å². The number of fused-ring (bicyclic) bond motifs is 1. The maximum atomic E-state index is 13.2.